The topological polar surface area (TPSA) is 57.5 Å². The maximum absolute atomic E-state index is 10.3. The lowest BCUT2D eigenvalue weighted by Gasteiger charge is -2.04. The van der Waals surface area contributed by atoms with Crippen LogP contribution in [0.4, 0.5) is 0 Å². The van der Waals surface area contributed by atoms with Gasteiger partial charge in [-0.05, 0) is 30.5 Å². The molecule has 0 saturated carbocycles. The van der Waals surface area contributed by atoms with Crippen LogP contribution in [0.1, 0.15) is 12.0 Å². The number of aliphatic hydroxyl groups excluding tert-OH is 1. The van der Waals surface area contributed by atoms with Crippen LogP contribution in [0.15, 0.2) is 28.7 Å². The van der Waals surface area contributed by atoms with Gasteiger partial charge in [0, 0.05) is 4.47 Å². The molecule has 76 valence electrons. The molecule has 0 aromatic heterocycles. The van der Waals surface area contributed by atoms with Gasteiger partial charge in [-0.3, -0.25) is 0 Å². The van der Waals surface area contributed by atoms with Crippen LogP contribution in [0.3, 0.4) is 0 Å². The number of aliphatic carboxylic acids is 1. The molecule has 1 rings (SSSR count). The third kappa shape index (κ3) is 3.47. The second-order valence-electron chi connectivity index (χ2n) is 3.02. The zero-order valence-corrected chi connectivity index (χ0v) is 9.07. The Labute approximate surface area is 90.5 Å². The fraction of sp³-hybridized carbons (Fsp3) is 0.300. The van der Waals surface area contributed by atoms with Gasteiger partial charge in [0.25, 0.3) is 0 Å². The summed E-state index contributed by atoms with van der Waals surface area (Å²) in [6.45, 7) is 0. The van der Waals surface area contributed by atoms with Crippen molar-refractivity contribution >= 4 is 21.9 Å². The SMILES string of the molecule is O=C(O)C(O)CCc1ccc(Br)cc1. The Morgan fingerprint density at radius 2 is 1.93 bits per heavy atom. The highest BCUT2D eigenvalue weighted by Crippen LogP contribution is 2.12. The van der Waals surface area contributed by atoms with E-state index < -0.39 is 12.1 Å². The van der Waals surface area contributed by atoms with Gasteiger partial charge in [-0.2, -0.15) is 0 Å². The highest BCUT2D eigenvalue weighted by molar-refractivity contribution is 9.10. The van der Waals surface area contributed by atoms with Crippen molar-refractivity contribution in [1.29, 1.82) is 0 Å². The fourth-order valence-corrected chi connectivity index (χ4v) is 1.34. The first-order valence-corrected chi connectivity index (χ1v) is 5.04. The zero-order valence-electron chi connectivity index (χ0n) is 7.48. The van der Waals surface area contributed by atoms with Crippen molar-refractivity contribution in [3.05, 3.63) is 34.3 Å². The molecular weight excluding hydrogens is 248 g/mol. The molecule has 0 aliphatic rings. The Morgan fingerprint density at radius 1 is 1.36 bits per heavy atom. The number of hydrogen-bond acceptors (Lipinski definition) is 2. The number of hydrogen-bond donors (Lipinski definition) is 2. The number of aliphatic hydroxyl groups is 1. The molecule has 14 heavy (non-hydrogen) atoms. The van der Waals surface area contributed by atoms with Crippen LogP contribution in [-0.2, 0) is 11.2 Å². The summed E-state index contributed by atoms with van der Waals surface area (Å²) in [5, 5.41) is 17.5. The molecule has 0 aliphatic carbocycles. The summed E-state index contributed by atoms with van der Waals surface area (Å²) in [7, 11) is 0. The second-order valence-corrected chi connectivity index (χ2v) is 3.93. The molecule has 0 aliphatic heterocycles. The number of carboxylic acids is 1. The molecule has 0 radical (unpaired) electrons. The number of carbonyl (C=O) groups is 1. The van der Waals surface area contributed by atoms with Gasteiger partial charge in [-0.25, -0.2) is 4.79 Å². The molecule has 1 atom stereocenters. The zero-order chi connectivity index (χ0) is 10.6. The highest BCUT2D eigenvalue weighted by Gasteiger charge is 2.12. The van der Waals surface area contributed by atoms with Crippen molar-refractivity contribution in [2.75, 3.05) is 0 Å². The summed E-state index contributed by atoms with van der Waals surface area (Å²) < 4.78 is 0.986. The maximum atomic E-state index is 10.3. The van der Waals surface area contributed by atoms with Crippen molar-refractivity contribution in [3.63, 3.8) is 0 Å². The average molecular weight is 259 g/mol. The van der Waals surface area contributed by atoms with Gasteiger partial charge in [-0.15, -0.1) is 0 Å². The molecule has 1 aromatic carbocycles. The van der Waals surface area contributed by atoms with Crippen molar-refractivity contribution in [1.82, 2.24) is 0 Å². The van der Waals surface area contributed by atoms with E-state index >= 15 is 0 Å². The Hall–Kier alpha value is -0.870. The van der Waals surface area contributed by atoms with Crippen molar-refractivity contribution in [3.8, 4) is 0 Å². The van der Waals surface area contributed by atoms with Gasteiger partial charge >= 0.3 is 5.97 Å². The monoisotopic (exact) mass is 258 g/mol. The quantitative estimate of drug-likeness (QED) is 0.867. The molecule has 1 unspecified atom stereocenters. The van der Waals surface area contributed by atoms with Crippen molar-refractivity contribution in [2.24, 2.45) is 0 Å². The van der Waals surface area contributed by atoms with Crippen LogP contribution < -0.4 is 0 Å². The van der Waals surface area contributed by atoms with Crippen LogP contribution in [0.2, 0.25) is 0 Å². The molecule has 0 saturated heterocycles. The Bertz CT molecular complexity index is 308. The predicted molar refractivity (Wildman–Crippen MR) is 56.1 cm³/mol. The van der Waals surface area contributed by atoms with E-state index in [9.17, 15) is 4.79 Å². The maximum Gasteiger partial charge on any atom is 0.332 e. The van der Waals surface area contributed by atoms with Crippen LogP contribution in [0, 0.1) is 0 Å². The molecule has 0 amide bonds. The number of halogens is 1. The van der Waals surface area contributed by atoms with Crippen LogP contribution in [0.5, 0.6) is 0 Å². The van der Waals surface area contributed by atoms with E-state index in [1.54, 1.807) is 0 Å². The van der Waals surface area contributed by atoms with Gasteiger partial charge in [0.15, 0.2) is 6.10 Å². The first kappa shape index (κ1) is 11.2. The predicted octanol–water partition coefficient (Wildman–Crippen LogP) is 1.83. The van der Waals surface area contributed by atoms with E-state index in [1.807, 2.05) is 24.3 Å². The smallest absolute Gasteiger partial charge is 0.332 e. The number of aryl methyl sites for hydroxylation is 1. The summed E-state index contributed by atoms with van der Waals surface area (Å²) in [5.74, 6) is -1.16. The van der Waals surface area contributed by atoms with Gasteiger partial charge in [-0.1, -0.05) is 28.1 Å². The molecule has 0 heterocycles. The van der Waals surface area contributed by atoms with E-state index in [0.29, 0.717) is 6.42 Å². The van der Waals surface area contributed by atoms with E-state index in [1.165, 1.54) is 0 Å². The lowest BCUT2D eigenvalue weighted by atomic mass is 10.1. The lowest BCUT2D eigenvalue weighted by Crippen LogP contribution is -2.19. The first-order valence-electron chi connectivity index (χ1n) is 4.25. The molecule has 0 fully saturated rings. The molecule has 2 N–H and O–H groups in total. The summed E-state index contributed by atoms with van der Waals surface area (Å²) in [5.41, 5.74) is 1.02. The lowest BCUT2D eigenvalue weighted by molar-refractivity contribution is -0.146. The van der Waals surface area contributed by atoms with Crippen molar-refractivity contribution in [2.45, 2.75) is 18.9 Å². The minimum atomic E-state index is -1.27. The minimum absolute atomic E-state index is 0.247. The molecule has 3 nitrogen and oxygen atoms in total. The number of benzene rings is 1. The fourth-order valence-electron chi connectivity index (χ4n) is 1.08. The summed E-state index contributed by atoms with van der Waals surface area (Å²) in [4.78, 5) is 10.3. The van der Waals surface area contributed by atoms with E-state index in [0.717, 1.165) is 10.0 Å². The molecule has 4 heteroatoms. The summed E-state index contributed by atoms with van der Waals surface area (Å²) in [6, 6.07) is 7.59. The third-order valence-corrected chi connectivity index (χ3v) is 2.43. The van der Waals surface area contributed by atoms with Gasteiger partial charge in [0.2, 0.25) is 0 Å². The summed E-state index contributed by atoms with van der Waals surface area (Å²) in [6.07, 6.45) is -0.448. The van der Waals surface area contributed by atoms with Crippen molar-refractivity contribution < 1.29 is 15.0 Å². The largest absolute Gasteiger partial charge is 0.479 e. The Morgan fingerprint density at radius 3 is 2.43 bits per heavy atom. The minimum Gasteiger partial charge on any atom is -0.479 e. The third-order valence-electron chi connectivity index (χ3n) is 1.90. The molecule has 0 spiro atoms. The number of carboxylic acid groups (broad SMARTS) is 1. The summed E-state index contributed by atoms with van der Waals surface area (Å²) >= 11 is 3.31. The highest BCUT2D eigenvalue weighted by atomic mass is 79.9. The van der Waals surface area contributed by atoms with Crippen LogP contribution in [0.25, 0.3) is 0 Å². The number of rotatable bonds is 4. The average Bonchev–Trinajstić information content (AvgIpc) is 2.16. The molecule has 0 bridgehead atoms. The molecular formula is C10H11BrO3. The Kier molecular flexibility index (Phi) is 4.10. The second kappa shape index (κ2) is 5.12. The Balaban J connectivity index is 2.46. The standard InChI is InChI=1S/C10H11BrO3/c11-8-4-1-7(2-5-8)3-6-9(12)10(13)14/h1-2,4-5,9,12H,3,6H2,(H,13,14). The van der Waals surface area contributed by atoms with Crippen LogP contribution >= 0.6 is 15.9 Å². The molecule has 1 aromatic rings. The van der Waals surface area contributed by atoms with E-state index in [4.69, 9.17) is 10.2 Å². The van der Waals surface area contributed by atoms with E-state index in [-0.39, 0.29) is 6.42 Å². The van der Waals surface area contributed by atoms with Gasteiger partial charge in [0.05, 0.1) is 0 Å². The van der Waals surface area contributed by atoms with E-state index in [2.05, 4.69) is 15.9 Å². The first-order chi connectivity index (χ1) is 6.59. The van der Waals surface area contributed by atoms with Gasteiger partial charge < -0.3 is 10.2 Å². The van der Waals surface area contributed by atoms with Gasteiger partial charge in [0.1, 0.15) is 0 Å². The van der Waals surface area contributed by atoms with Crippen LogP contribution in [-0.4, -0.2) is 22.3 Å². The normalized spacial score (nSPS) is 12.4.